The van der Waals surface area contributed by atoms with Gasteiger partial charge in [-0.2, -0.15) is 18.2 Å². The number of carbonyl (C=O) groups excluding carboxylic acids is 2. The number of primary amides is 1. The maximum atomic E-state index is 12.6. The summed E-state index contributed by atoms with van der Waals surface area (Å²) >= 11 is 0. The number of nitrogens with two attached hydrogens (primary N) is 1. The number of alkyl halides is 3. The quantitative estimate of drug-likeness (QED) is 0.606. The number of halogens is 3. The Kier molecular flexibility index (Phi) is 6.00. The number of ether oxygens (including phenoxy) is 1. The zero-order valence-electron chi connectivity index (χ0n) is 15.3. The summed E-state index contributed by atoms with van der Waals surface area (Å²) in [5, 5.41) is 6.08. The van der Waals surface area contributed by atoms with E-state index in [1.54, 1.807) is 0 Å². The molecule has 0 saturated carbocycles. The molecular formula is C19H15F3N4O4. The Morgan fingerprint density at radius 3 is 2.33 bits per heavy atom. The number of carbonyl (C=O) groups is 2. The van der Waals surface area contributed by atoms with E-state index >= 15 is 0 Å². The second-order valence-electron chi connectivity index (χ2n) is 6.05. The number of aromatic nitrogens is 2. The van der Waals surface area contributed by atoms with Crippen molar-refractivity contribution in [3.8, 4) is 17.2 Å². The predicted molar refractivity (Wildman–Crippen MR) is 97.0 cm³/mol. The lowest BCUT2D eigenvalue weighted by atomic mass is 10.1. The SMILES string of the molecule is NC(=O)CNC(=O)c1ccc(OCc2noc(-c3ccc(C(F)(F)F)cc3)n2)cc1. The Balaban J connectivity index is 1.57. The highest BCUT2D eigenvalue weighted by Crippen LogP contribution is 2.30. The second-order valence-corrected chi connectivity index (χ2v) is 6.05. The van der Waals surface area contributed by atoms with Crippen LogP contribution in [0.4, 0.5) is 13.2 Å². The maximum Gasteiger partial charge on any atom is 0.416 e. The Labute approximate surface area is 167 Å². The van der Waals surface area contributed by atoms with Crippen LogP contribution in [0.2, 0.25) is 0 Å². The molecule has 30 heavy (non-hydrogen) atoms. The van der Waals surface area contributed by atoms with Crippen molar-refractivity contribution in [1.29, 1.82) is 0 Å². The fourth-order valence-electron chi connectivity index (χ4n) is 2.35. The zero-order chi connectivity index (χ0) is 21.7. The summed E-state index contributed by atoms with van der Waals surface area (Å²) < 4.78 is 48.4. The Morgan fingerprint density at radius 2 is 1.73 bits per heavy atom. The fourth-order valence-corrected chi connectivity index (χ4v) is 2.35. The van der Waals surface area contributed by atoms with Crippen molar-refractivity contribution in [1.82, 2.24) is 15.5 Å². The van der Waals surface area contributed by atoms with Crippen molar-refractivity contribution < 1.29 is 32.0 Å². The molecule has 0 atom stereocenters. The molecule has 3 aromatic rings. The van der Waals surface area contributed by atoms with Crippen LogP contribution in [0.5, 0.6) is 5.75 Å². The minimum atomic E-state index is -4.43. The van der Waals surface area contributed by atoms with E-state index in [2.05, 4.69) is 15.5 Å². The largest absolute Gasteiger partial charge is 0.485 e. The van der Waals surface area contributed by atoms with Crippen LogP contribution < -0.4 is 15.8 Å². The van der Waals surface area contributed by atoms with Gasteiger partial charge in [-0.25, -0.2) is 0 Å². The van der Waals surface area contributed by atoms with Gasteiger partial charge in [0, 0.05) is 11.1 Å². The highest BCUT2D eigenvalue weighted by Gasteiger charge is 2.30. The summed E-state index contributed by atoms with van der Waals surface area (Å²) in [4.78, 5) is 26.6. The van der Waals surface area contributed by atoms with Gasteiger partial charge >= 0.3 is 6.18 Å². The Hall–Kier alpha value is -3.89. The molecule has 1 heterocycles. The van der Waals surface area contributed by atoms with E-state index in [1.807, 2.05) is 0 Å². The second kappa shape index (κ2) is 8.64. The first-order valence-corrected chi connectivity index (χ1v) is 8.52. The number of nitrogens with one attached hydrogen (secondary N) is 1. The fraction of sp³-hybridized carbons (Fsp3) is 0.158. The molecule has 0 saturated heterocycles. The summed E-state index contributed by atoms with van der Waals surface area (Å²) in [6.07, 6.45) is -4.43. The van der Waals surface area contributed by atoms with Crippen molar-refractivity contribution in [3.63, 3.8) is 0 Å². The zero-order valence-corrected chi connectivity index (χ0v) is 15.3. The maximum absolute atomic E-state index is 12.6. The van der Waals surface area contributed by atoms with Gasteiger partial charge in [0.25, 0.3) is 11.8 Å². The van der Waals surface area contributed by atoms with Gasteiger partial charge in [0.1, 0.15) is 5.75 Å². The lowest BCUT2D eigenvalue weighted by Gasteiger charge is -2.06. The smallest absolute Gasteiger partial charge is 0.416 e. The lowest BCUT2D eigenvalue weighted by molar-refractivity contribution is -0.137. The third kappa shape index (κ3) is 5.34. The molecule has 0 radical (unpaired) electrons. The average molecular weight is 420 g/mol. The molecule has 2 aromatic carbocycles. The minimum absolute atomic E-state index is 0.0582. The van der Waals surface area contributed by atoms with Crippen molar-refractivity contribution in [3.05, 3.63) is 65.5 Å². The standard InChI is InChI=1S/C19H15F3N4O4/c20-19(21,22)13-5-1-12(2-6-13)18-25-16(26-30-18)10-29-14-7-3-11(4-8-14)17(28)24-9-15(23)27/h1-8H,9-10H2,(H2,23,27)(H,24,28). The molecular weight excluding hydrogens is 405 g/mol. The van der Waals surface area contributed by atoms with E-state index in [1.165, 1.54) is 36.4 Å². The summed E-state index contributed by atoms with van der Waals surface area (Å²) in [5.74, 6) is -0.446. The first-order valence-electron chi connectivity index (χ1n) is 8.52. The van der Waals surface area contributed by atoms with Crippen LogP contribution >= 0.6 is 0 Å². The molecule has 0 spiro atoms. The minimum Gasteiger partial charge on any atom is -0.485 e. The number of rotatable bonds is 7. The molecule has 1 aromatic heterocycles. The summed E-state index contributed by atoms with van der Waals surface area (Å²) in [6.45, 7) is -0.326. The number of benzene rings is 2. The molecule has 11 heteroatoms. The molecule has 3 N–H and O–H groups in total. The molecule has 0 fully saturated rings. The van der Waals surface area contributed by atoms with Gasteiger partial charge in [-0.15, -0.1) is 0 Å². The Bertz CT molecular complexity index is 1030. The molecule has 2 amide bonds. The van der Waals surface area contributed by atoms with Gasteiger partial charge in [-0.3, -0.25) is 9.59 Å². The van der Waals surface area contributed by atoms with E-state index in [4.69, 9.17) is 15.0 Å². The summed E-state index contributed by atoms with van der Waals surface area (Å²) in [7, 11) is 0. The molecule has 8 nitrogen and oxygen atoms in total. The van der Waals surface area contributed by atoms with Gasteiger partial charge in [0.15, 0.2) is 6.61 Å². The molecule has 156 valence electrons. The van der Waals surface area contributed by atoms with Crippen molar-refractivity contribution in [2.75, 3.05) is 6.54 Å². The van der Waals surface area contributed by atoms with Gasteiger partial charge in [0.05, 0.1) is 12.1 Å². The topological polar surface area (TPSA) is 120 Å². The first kappa shape index (κ1) is 20.8. The summed E-state index contributed by atoms with van der Waals surface area (Å²) in [5.41, 5.74) is 4.84. The predicted octanol–water partition coefficient (Wildman–Crippen LogP) is 2.55. The molecule has 0 aliphatic rings. The van der Waals surface area contributed by atoms with Crippen molar-refractivity contribution in [2.24, 2.45) is 5.73 Å². The molecule has 0 aliphatic heterocycles. The van der Waals surface area contributed by atoms with Crippen LogP contribution in [0.15, 0.2) is 53.1 Å². The van der Waals surface area contributed by atoms with Crippen molar-refractivity contribution >= 4 is 11.8 Å². The van der Waals surface area contributed by atoms with Gasteiger partial charge in [-0.05, 0) is 48.5 Å². The third-order valence-corrected chi connectivity index (χ3v) is 3.83. The van der Waals surface area contributed by atoms with Crippen LogP contribution in [0.25, 0.3) is 11.5 Å². The molecule has 0 aliphatic carbocycles. The summed E-state index contributed by atoms with van der Waals surface area (Å²) in [6, 6.07) is 10.4. The van der Waals surface area contributed by atoms with E-state index in [0.29, 0.717) is 16.9 Å². The average Bonchev–Trinajstić information content (AvgIpc) is 3.19. The van der Waals surface area contributed by atoms with E-state index in [0.717, 1.165) is 12.1 Å². The van der Waals surface area contributed by atoms with Crippen LogP contribution in [0, 0.1) is 0 Å². The van der Waals surface area contributed by atoms with Gasteiger partial charge in [0.2, 0.25) is 11.7 Å². The van der Waals surface area contributed by atoms with Crippen LogP contribution in [-0.4, -0.2) is 28.5 Å². The first-order chi connectivity index (χ1) is 14.2. The Morgan fingerprint density at radius 1 is 1.07 bits per heavy atom. The van der Waals surface area contributed by atoms with E-state index < -0.39 is 23.6 Å². The van der Waals surface area contributed by atoms with Gasteiger partial charge < -0.3 is 20.3 Å². The van der Waals surface area contributed by atoms with Crippen molar-refractivity contribution in [2.45, 2.75) is 12.8 Å². The molecule has 0 bridgehead atoms. The number of hydrogen-bond donors (Lipinski definition) is 2. The number of amides is 2. The van der Waals surface area contributed by atoms with E-state index in [9.17, 15) is 22.8 Å². The highest BCUT2D eigenvalue weighted by molar-refractivity contribution is 5.96. The number of nitrogens with zero attached hydrogens (tertiary/aromatic N) is 2. The molecule has 0 unspecified atom stereocenters. The normalized spacial score (nSPS) is 11.2. The lowest BCUT2D eigenvalue weighted by Crippen LogP contribution is -2.33. The van der Waals surface area contributed by atoms with Gasteiger partial charge in [-0.1, -0.05) is 5.16 Å². The van der Waals surface area contributed by atoms with Crippen LogP contribution in [0.1, 0.15) is 21.7 Å². The highest BCUT2D eigenvalue weighted by atomic mass is 19.4. The third-order valence-electron chi connectivity index (χ3n) is 3.83. The number of hydrogen-bond acceptors (Lipinski definition) is 6. The monoisotopic (exact) mass is 420 g/mol. The molecule has 3 rings (SSSR count). The van der Waals surface area contributed by atoms with E-state index in [-0.39, 0.29) is 24.9 Å². The van der Waals surface area contributed by atoms with Crippen LogP contribution in [0.3, 0.4) is 0 Å². The van der Waals surface area contributed by atoms with Crippen LogP contribution in [-0.2, 0) is 17.6 Å².